The molecule has 0 rings (SSSR count). The zero-order valence-electron chi connectivity index (χ0n) is 34.7. The maximum absolute atomic E-state index is 12.7. The quantitative estimate of drug-likeness (QED) is 0.0217. The Morgan fingerprint density at radius 1 is 0.585 bits per heavy atom. The van der Waals surface area contributed by atoms with Crippen molar-refractivity contribution in [3.05, 3.63) is 36.5 Å². The molecule has 0 saturated heterocycles. The molecular formula is C43H81NO8P+. The minimum atomic E-state index is -4.38. The van der Waals surface area contributed by atoms with Gasteiger partial charge in [-0.1, -0.05) is 147 Å². The van der Waals surface area contributed by atoms with Gasteiger partial charge >= 0.3 is 19.8 Å². The van der Waals surface area contributed by atoms with Gasteiger partial charge in [-0.25, -0.2) is 4.57 Å². The van der Waals surface area contributed by atoms with Gasteiger partial charge in [0.25, 0.3) is 0 Å². The molecule has 0 aliphatic rings. The number of carbonyl (C=O) groups is 2. The fourth-order valence-corrected chi connectivity index (χ4v) is 6.29. The van der Waals surface area contributed by atoms with Crippen molar-refractivity contribution < 1.29 is 42.1 Å². The second-order valence-corrected chi connectivity index (χ2v) is 16.8. The summed E-state index contributed by atoms with van der Waals surface area (Å²) in [7, 11) is 1.46. The topological polar surface area (TPSA) is 108 Å². The van der Waals surface area contributed by atoms with Crippen LogP contribution in [0.1, 0.15) is 174 Å². The largest absolute Gasteiger partial charge is 0.472 e. The summed E-state index contributed by atoms with van der Waals surface area (Å²) in [4.78, 5) is 35.3. The van der Waals surface area contributed by atoms with E-state index < -0.39 is 32.5 Å². The molecule has 1 N–H and O–H groups in total. The summed E-state index contributed by atoms with van der Waals surface area (Å²) in [5, 5.41) is 0. The molecule has 9 nitrogen and oxygen atoms in total. The van der Waals surface area contributed by atoms with Gasteiger partial charge in [0.2, 0.25) is 0 Å². The van der Waals surface area contributed by atoms with Gasteiger partial charge < -0.3 is 18.9 Å². The van der Waals surface area contributed by atoms with E-state index in [2.05, 4.69) is 50.3 Å². The normalized spacial score (nSPS) is 14.0. The first-order valence-electron chi connectivity index (χ1n) is 21.2. The van der Waals surface area contributed by atoms with Crippen LogP contribution in [0, 0.1) is 0 Å². The lowest BCUT2D eigenvalue weighted by Crippen LogP contribution is -2.37. The number of quaternary nitrogens is 1. The van der Waals surface area contributed by atoms with Crippen LogP contribution in [0.5, 0.6) is 0 Å². The second-order valence-electron chi connectivity index (χ2n) is 15.4. The maximum atomic E-state index is 12.7. The SMILES string of the molecule is CCCCC/C=C\C/C=C\C/C=C\CCCCC(=O)OC[C@H](COP(=O)(O)OCC[N+](C)(C)C)OC(=O)CCCCCCCCCCCCCCCC. The highest BCUT2D eigenvalue weighted by molar-refractivity contribution is 7.47. The number of likely N-dealkylation sites (N-methyl/N-ethyl adjacent to an activating group) is 1. The zero-order chi connectivity index (χ0) is 39.3. The number of phosphoric ester groups is 1. The van der Waals surface area contributed by atoms with Crippen molar-refractivity contribution in [1.29, 1.82) is 0 Å². The smallest absolute Gasteiger partial charge is 0.462 e. The van der Waals surface area contributed by atoms with Gasteiger partial charge in [0.15, 0.2) is 6.10 Å². The fraction of sp³-hybridized carbons (Fsp3) is 0.814. The van der Waals surface area contributed by atoms with E-state index in [9.17, 15) is 19.0 Å². The Morgan fingerprint density at radius 3 is 1.55 bits per heavy atom. The number of hydrogen-bond donors (Lipinski definition) is 1. The molecule has 0 heterocycles. The molecule has 0 amide bonds. The van der Waals surface area contributed by atoms with Gasteiger partial charge in [-0.15, -0.1) is 0 Å². The monoisotopic (exact) mass is 771 g/mol. The summed E-state index contributed by atoms with van der Waals surface area (Å²) in [6, 6.07) is 0. The third kappa shape index (κ3) is 39.7. The zero-order valence-corrected chi connectivity index (χ0v) is 35.6. The van der Waals surface area contributed by atoms with Gasteiger partial charge in [0.1, 0.15) is 19.8 Å². The van der Waals surface area contributed by atoms with Crippen molar-refractivity contribution in [2.75, 3.05) is 47.5 Å². The van der Waals surface area contributed by atoms with Crippen LogP contribution in [0.3, 0.4) is 0 Å². The van der Waals surface area contributed by atoms with Crippen molar-refractivity contribution in [2.24, 2.45) is 0 Å². The number of carbonyl (C=O) groups excluding carboxylic acids is 2. The molecule has 0 aromatic carbocycles. The van der Waals surface area contributed by atoms with E-state index in [1.165, 1.54) is 89.9 Å². The summed E-state index contributed by atoms with van der Waals surface area (Å²) in [5.41, 5.74) is 0. The Kier molecular flexibility index (Phi) is 34.7. The van der Waals surface area contributed by atoms with Crippen LogP contribution in [0.4, 0.5) is 0 Å². The van der Waals surface area contributed by atoms with Crippen molar-refractivity contribution >= 4 is 19.8 Å². The standard InChI is InChI=1S/C43H80NO8P/c1-6-8-10-12-14-16-18-20-22-24-25-27-29-31-33-35-42(45)49-39-41(40-51-53(47,48)50-38-37-44(3,4)5)52-43(46)36-34-32-30-28-26-23-21-19-17-15-13-11-9-7-2/h14,16,20,22,25,27,41H,6-13,15,17-19,21,23-24,26,28-40H2,1-5H3/p+1/b16-14-,22-20-,27-25-/t41-/m1/s1. The molecule has 0 spiro atoms. The van der Waals surface area contributed by atoms with Gasteiger partial charge in [0.05, 0.1) is 27.7 Å². The first-order chi connectivity index (χ1) is 25.5. The highest BCUT2D eigenvalue weighted by Crippen LogP contribution is 2.43. The fourth-order valence-electron chi connectivity index (χ4n) is 5.55. The van der Waals surface area contributed by atoms with E-state index in [1.54, 1.807) is 0 Å². The molecule has 0 aromatic heterocycles. The van der Waals surface area contributed by atoms with Crippen LogP contribution in [0.2, 0.25) is 0 Å². The van der Waals surface area contributed by atoms with Crippen LogP contribution in [0.25, 0.3) is 0 Å². The van der Waals surface area contributed by atoms with Crippen molar-refractivity contribution in [3.8, 4) is 0 Å². The number of unbranched alkanes of at least 4 members (excludes halogenated alkanes) is 18. The van der Waals surface area contributed by atoms with Gasteiger partial charge in [-0.2, -0.15) is 0 Å². The molecule has 0 aliphatic carbocycles. The Bertz CT molecular complexity index is 1010. The maximum Gasteiger partial charge on any atom is 0.472 e. The molecule has 2 atom stereocenters. The number of esters is 2. The molecule has 0 aromatic rings. The van der Waals surface area contributed by atoms with Crippen LogP contribution in [-0.4, -0.2) is 74.9 Å². The Labute approximate surface area is 325 Å². The molecule has 0 saturated carbocycles. The van der Waals surface area contributed by atoms with E-state index in [1.807, 2.05) is 21.1 Å². The van der Waals surface area contributed by atoms with Crippen LogP contribution >= 0.6 is 7.82 Å². The minimum absolute atomic E-state index is 0.0264. The number of phosphoric acid groups is 1. The molecule has 53 heavy (non-hydrogen) atoms. The molecule has 310 valence electrons. The van der Waals surface area contributed by atoms with Crippen molar-refractivity contribution in [3.63, 3.8) is 0 Å². The van der Waals surface area contributed by atoms with Crippen LogP contribution < -0.4 is 0 Å². The average Bonchev–Trinajstić information content (AvgIpc) is 3.10. The number of allylic oxidation sites excluding steroid dienone is 6. The van der Waals surface area contributed by atoms with E-state index in [4.69, 9.17) is 18.5 Å². The second kappa shape index (κ2) is 35.9. The lowest BCUT2D eigenvalue weighted by Gasteiger charge is -2.24. The van der Waals surface area contributed by atoms with Gasteiger partial charge in [0, 0.05) is 12.8 Å². The van der Waals surface area contributed by atoms with Crippen molar-refractivity contribution in [1.82, 2.24) is 0 Å². The summed E-state index contributed by atoms with van der Waals surface area (Å²) >= 11 is 0. The number of ether oxygens (including phenoxy) is 2. The lowest BCUT2D eigenvalue weighted by molar-refractivity contribution is -0.870. The predicted molar refractivity (Wildman–Crippen MR) is 220 cm³/mol. The summed E-state index contributed by atoms with van der Waals surface area (Å²) in [6.07, 6.45) is 39.0. The summed E-state index contributed by atoms with van der Waals surface area (Å²) < 4.78 is 34.2. The molecule has 10 heteroatoms. The van der Waals surface area contributed by atoms with E-state index >= 15 is 0 Å². The number of rotatable bonds is 38. The van der Waals surface area contributed by atoms with Crippen LogP contribution in [0.15, 0.2) is 36.5 Å². The molecule has 1 unspecified atom stereocenters. The van der Waals surface area contributed by atoms with Gasteiger partial charge in [-0.05, 0) is 51.4 Å². The van der Waals surface area contributed by atoms with Crippen molar-refractivity contribution in [2.45, 2.75) is 180 Å². The average molecular weight is 771 g/mol. The first kappa shape index (κ1) is 51.2. The predicted octanol–water partition coefficient (Wildman–Crippen LogP) is 11.7. The Morgan fingerprint density at radius 2 is 1.02 bits per heavy atom. The van der Waals surface area contributed by atoms with Crippen LogP contribution in [-0.2, 0) is 32.7 Å². The first-order valence-corrected chi connectivity index (χ1v) is 22.7. The molecule has 0 fully saturated rings. The summed E-state index contributed by atoms with van der Waals surface area (Å²) in [5.74, 6) is -0.841. The third-order valence-corrected chi connectivity index (χ3v) is 9.91. The molecule has 0 aliphatic heterocycles. The van der Waals surface area contributed by atoms with E-state index in [0.717, 1.165) is 44.9 Å². The lowest BCUT2D eigenvalue weighted by atomic mass is 10.0. The molecule has 0 radical (unpaired) electrons. The van der Waals surface area contributed by atoms with E-state index in [-0.39, 0.29) is 26.1 Å². The highest BCUT2D eigenvalue weighted by Gasteiger charge is 2.27. The highest BCUT2D eigenvalue weighted by atomic mass is 31.2. The van der Waals surface area contributed by atoms with E-state index in [0.29, 0.717) is 23.9 Å². The third-order valence-electron chi connectivity index (χ3n) is 8.92. The summed E-state index contributed by atoms with van der Waals surface area (Å²) in [6.45, 7) is 4.35. The van der Waals surface area contributed by atoms with Gasteiger partial charge in [-0.3, -0.25) is 18.6 Å². The number of nitrogens with zero attached hydrogens (tertiary/aromatic N) is 1. The molecule has 0 bridgehead atoms. The minimum Gasteiger partial charge on any atom is -0.462 e. The molecular weight excluding hydrogens is 689 g/mol. The Balaban J connectivity index is 4.44. The number of hydrogen-bond acceptors (Lipinski definition) is 7. The Hall–Kier alpha value is -1.77.